The Labute approximate surface area is 171 Å². The van der Waals surface area contributed by atoms with Crippen LogP contribution in [-0.2, 0) is 17.8 Å². The van der Waals surface area contributed by atoms with Crippen LogP contribution in [0.1, 0.15) is 21.5 Å². The largest absolute Gasteiger partial charge is 0.378 e. The molecule has 7 nitrogen and oxygen atoms in total. The minimum atomic E-state index is -0.342. The predicted molar refractivity (Wildman–Crippen MR) is 113 cm³/mol. The topological polar surface area (TPSA) is 73.9 Å². The third kappa shape index (κ3) is 6.04. The van der Waals surface area contributed by atoms with E-state index in [2.05, 4.69) is 27.7 Å². The molecule has 3 amide bonds. The third-order valence-corrected chi connectivity index (χ3v) is 4.65. The maximum absolute atomic E-state index is 12.8. The van der Waals surface area contributed by atoms with Gasteiger partial charge in [-0.25, -0.2) is 4.79 Å². The first kappa shape index (κ1) is 20.8. The SMILES string of the molecule is CN(C)Cc1cccc(CNC(=O)Nc2ccccc2C(=O)N2CCOCC2)c1. The second-order valence-corrected chi connectivity index (χ2v) is 7.32. The number of para-hydroxylation sites is 1. The van der Waals surface area contributed by atoms with E-state index in [0.717, 1.165) is 12.1 Å². The van der Waals surface area contributed by atoms with Gasteiger partial charge in [0.15, 0.2) is 0 Å². The number of amides is 3. The molecule has 2 aromatic carbocycles. The monoisotopic (exact) mass is 396 g/mol. The zero-order chi connectivity index (χ0) is 20.6. The summed E-state index contributed by atoms with van der Waals surface area (Å²) in [6.45, 7) is 3.44. The summed E-state index contributed by atoms with van der Waals surface area (Å²) in [5.74, 6) is -0.0967. The number of benzene rings is 2. The van der Waals surface area contributed by atoms with Crippen molar-refractivity contribution < 1.29 is 14.3 Å². The lowest BCUT2D eigenvalue weighted by Crippen LogP contribution is -2.41. The highest BCUT2D eigenvalue weighted by Crippen LogP contribution is 2.18. The van der Waals surface area contributed by atoms with Crippen LogP contribution in [0.5, 0.6) is 0 Å². The van der Waals surface area contributed by atoms with Gasteiger partial charge in [0.1, 0.15) is 0 Å². The van der Waals surface area contributed by atoms with Crippen LogP contribution in [0.4, 0.5) is 10.5 Å². The molecule has 1 aliphatic heterocycles. The van der Waals surface area contributed by atoms with Gasteiger partial charge >= 0.3 is 6.03 Å². The third-order valence-electron chi connectivity index (χ3n) is 4.65. The average Bonchev–Trinajstić information content (AvgIpc) is 2.73. The van der Waals surface area contributed by atoms with E-state index in [1.54, 1.807) is 29.2 Å². The maximum atomic E-state index is 12.8. The molecule has 1 heterocycles. The van der Waals surface area contributed by atoms with Gasteiger partial charge in [-0.05, 0) is 37.4 Å². The fourth-order valence-electron chi connectivity index (χ4n) is 3.27. The van der Waals surface area contributed by atoms with E-state index in [1.807, 2.05) is 26.2 Å². The number of nitrogens with zero attached hydrogens (tertiary/aromatic N) is 2. The number of nitrogens with one attached hydrogen (secondary N) is 2. The fraction of sp³-hybridized carbons (Fsp3) is 0.364. The number of urea groups is 1. The number of anilines is 1. The van der Waals surface area contributed by atoms with Crippen LogP contribution < -0.4 is 10.6 Å². The molecule has 0 spiro atoms. The Morgan fingerprint density at radius 2 is 1.76 bits per heavy atom. The van der Waals surface area contributed by atoms with Gasteiger partial charge in [0.2, 0.25) is 0 Å². The number of rotatable bonds is 6. The Bertz CT molecular complexity index is 847. The standard InChI is InChI=1S/C22H28N4O3/c1-25(2)16-18-7-5-6-17(14-18)15-23-22(28)24-20-9-4-3-8-19(20)21(27)26-10-12-29-13-11-26/h3-9,14H,10-13,15-16H2,1-2H3,(H2,23,24,28). The van der Waals surface area contributed by atoms with E-state index < -0.39 is 0 Å². The minimum Gasteiger partial charge on any atom is -0.378 e. The molecule has 0 aromatic heterocycles. The normalized spacial score (nSPS) is 14.0. The van der Waals surface area contributed by atoms with Crippen molar-refractivity contribution in [2.45, 2.75) is 13.1 Å². The summed E-state index contributed by atoms with van der Waals surface area (Å²) < 4.78 is 5.31. The van der Waals surface area contributed by atoms with Gasteiger partial charge in [0, 0.05) is 26.2 Å². The van der Waals surface area contributed by atoms with Gasteiger partial charge in [-0.1, -0.05) is 36.4 Å². The molecule has 7 heteroatoms. The molecule has 2 aromatic rings. The van der Waals surface area contributed by atoms with Crippen molar-refractivity contribution in [2.75, 3.05) is 45.7 Å². The summed E-state index contributed by atoms with van der Waals surface area (Å²) >= 11 is 0. The Morgan fingerprint density at radius 3 is 2.52 bits per heavy atom. The van der Waals surface area contributed by atoms with Crippen molar-refractivity contribution in [1.82, 2.24) is 15.1 Å². The van der Waals surface area contributed by atoms with Crippen LogP contribution in [0.3, 0.4) is 0 Å². The van der Waals surface area contributed by atoms with Crippen LogP contribution in [0.2, 0.25) is 0 Å². The summed E-state index contributed by atoms with van der Waals surface area (Å²) in [5.41, 5.74) is 3.20. The van der Waals surface area contributed by atoms with E-state index >= 15 is 0 Å². The van der Waals surface area contributed by atoms with Crippen LogP contribution in [-0.4, -0.2) is 62.1 Å². The van der Waals surface area contributed by atoms with E-state index in [1.165, 1.54) is 5.56 Å². The highest BCUT2D eigenvalue weighted by Gasteiger charge is 2.21. The second-order valence-electron chi connectivity index (χ2n) is 7.32. The Kier molecular flexibility index (Phi) is 7.21. The molecule has 0 unspecified atom stereocenters. The lowest BCUT2D eigenvalue weighted by atomic mass is 10.1. The Balaban J connectivity index is 1.60. The van der Waals surface area contributed by atoms with Gasteiger partial charge in [-0.3, -0.25) is 4.79 Å². The van der Waals surface area contributed by atoms with Gasteiger partial charge in [0.05, 0.1) is 24.5 Å². The summed E-state index contributed by atoms with van der Waals surface area (Å²) in [6.07, 6.45) is 0. The molecule has 0 saturated carbocycles. The second kappa shape index (κ2) is 10.0. The first-order valence-electron chi connectivity index (χ1n) is 9.76. The quantitative estimate of drug-likeness (QED) is 0.787. The van der Waals surface area contributed by atoms with Crippen LogP contribution in [0, 0.1) is 0 Å². The summed E-state index contributed by atoms with van der Waals surface area (Å²) in [7, 11) is 4.04. The van der Waals surface area contributed by atoms with Gasteiger partial charge in [0.25, 0.3) is 5.91 Å². The molecule has 1 saturated heterocycles. The maximum Gasteiger partial charge on any atom is 0.319 e. The van der Waals surface area contributed by atoms with Gasteiger partial charge in [-0.15, -0.1) is 0 Å². The minimum absolute atomic E-state index is 0.0967. The van der Waals surface area contributed by atoms with Crippen molar-refractivity contribution in [3.8, 4) is 0 Å². The highest BCUT2D eigenvalue weighted by molar-refractivity contribution is 6.03. The van der Waals surface area contributed by atoms with E-state index in [9.17, 15) is 9.59 Å². The van der Waals surface area contributed by atoms with Crippen molar-refractivity contribution in [3.05, 3.63) is 65.2 Å². The number of carbonyl (C=O) groups is 2. The average molecular weight is 396 g/mol. The smallest absolute Gasteiger partial charge is 0.319 e. The summed E-state index contributed by atoms with van der Waals surface area (Å²) in [5, 5.41) is 5.68. The predicted octanol–water partition coefficient (Wildman–Crippen LogP) is 2.54. The molecule has 0 aliphatic carbocycles. The van der Waals surface area contributed by atoms with Crippen molar-refractivity contribution >= 4 is 17.6 Å². The molecule has 0 atom stereocenters. The molecule has 29 heavy (non-hydrogen) atoms. The molecule has 2 N–H and O–H groups in total. The molecule has 1 fully saturated rings. The van der Waals surface area contributed by atoms with E-state index in [0.29, 0.717) is 44.1 Å². The molecule has 0 radical (unpaired) electrons. The molecule has 1 aliphatic rings. The summed E-state index contributed by atoms with van der Waals surface area (Å²) in [4.78, 5) is 29.1. The molecule has 0 bridgehead atoms. The molecular weight excluding hydrogens is 368 g/mol. The zero-order valence-electron chi connectivity index (χ0n) is 17.0. The number of carbonyl (C=O) groups excluding carboxylic acids is 2. The lowest BCUT2D eigenvalue weighted by molar-refractivity contribution is 0.0303. The first-order valence-corrected chi connectivity index (χ1v) is 9.76. The van der Waals surface area contributed by atoms with Gasteiger partial charge in [-0.2, -0.15) is 0 Å². The van der Waals surface area contributed by atoms with Crippen LogP contribution >= 0.6 is 0 Å². The highest BCUT2D eigenvalue weighted by atomic mass is 16.5. The number of hydrogen-bond acceptors (Lipinski definition) is 4. The lowest BCUT2D eigenvalue weighted by Gasteiger charge is -2.27. The fourth-order valence-corrected chi connectivity index (χ4v) is 3.27. The first-order chi connectivity index (χ1) is 14.0. The molecular formula is C22H28N4O3. The van der Waals surface area contributed by atoms with Gasteiger partial charge < -0.3 is 25.2 Å². The van der Waals surface area contributed by atoms with E-state index in [-0.39, 0.29) is 11.9 Å². The van der Waals surface area contributed by atoms with Crippen LogP contribution in [0.25, 0.3) is 0 Å². The number of hydrogen-bond donors (Lipinski definition) is 2. The van der Waals surface area contributed by atoms with E-state index in [4.69, 9.17) is 4.74 Å². The summed E-state index contributed by atoms with van der Waals surface area (Å²) in [6, 6.07) is 14.9. The molecule has 3 rings (SSSR count). The van der Waals surface area contributed by atoms with Crippen molar-refractivity contribution in [2.24, 2.45) is 0 Å². The number of morpholine rings is 1. The Morgan fingerprint density at radius 1 is 1.03 bits per heavy atom. The Hall–Kier alpha value is -2.90. The molecule has 154 valence electrons. The number of ether oxygens (including phenoxy) is 1. The zero-order valence-corrected chi connectivity index (χ0v) is 17.0. The van der Waals surface area contributed by atoms with Crippen molar-refractivity contribution in [3.63, 3.8) is 0 Å². The van der Waals surface area contributed by atoms with Crippen LogP contribution in [0.15, 0.2) is 48.5 Å². The van der Waals surface area contributed by atoms with Crippen molar-refractivity contribution in [1.29, 1.82) is 0 Å².